The highest BCUT2D eigenvalue weighted by molar-refractivity contribution is 7.39. The Kier molecular flexibility index (Phi) is 7.57. The van der Waals surface area contributed by atoms with Crippen molar-refractivity contribution in [3.05, 3.63) is 92.7 Å². The molecule has 1 aliphatic rings. The third kappa shape index (κ3) is 4.45. The van der Waals surface area contributed by atoms with Crippen LogP contribution >= 0.6 is 18.1 Å². The van der Waals surface area contributed by atoms with E-state index in [-0.39, 0.29) is 0 Å². The molecule has 3 aromatic carbocycles. The molecule has 0 bridgehead atoms. The summed E-state index contributed by atoms with van der Waals surface area (Å²) in [7, 11) is -1.16. The van der Waals surface area contributed by atoms with E-state index in [0.29, 0.717) is 11.8 Å². The van der Waals surface area contributed by atoms with Crippen molar-refractivity contribution < 1.29 is 14.1 Å². The minimum atomic E-state index is -0.580. The fourth-order valence-corrected chi connectivity index (χ4v) is 4.19. The largest absolute Gasteiger partial charge is 0.352 e. The van der Waals surface area contributed by atoms with Crippen LogP contribution in [0.1, 0.15) is 50.7 Å². The van der Waals surface area contributed by atoms with Gasteiger partial charge in [0.1, 0.15) is 0 Å². The first-order chi connectivity index (χ1) is 14.0. The van der Waals surface area contributed by atoms with Crippen LogP contribution in [0.15, 0.2) is 60.7 Å². The summed E-state index contributed by atoms with van der Waals surface area (Å²) in [5, 5.41) is 5.62. The van der Waals surface area contributed by atoms with Gasteiger partial charge in [0.25, 0.3) is 0 Å². The van der Waals surface area contributed by atoms with Gasteiger partial charge in [-0.05, 0) is 55.0 Å². The van der Waals surface area contributed by atoms with Crippen molar-refractivity contribution in [2.45, 2.75) is 39.5 Å². The zero-order valence-electron chi connectivity index (χ0n) is 17.2. The molecule has 0 saturated carbocycles. The second kappa shape index (κ2) is 9.94. The molecule has 2 atom stereocenters. The van der Waals surface area contributed by atoms with Crippen molar-refractivity contribution in [1.29, 1.82) is 0 Å². The maximum absolute atomic E-state index is 7.72. The first-order valence-corrected chi connectivity index (χ1v) is 11.5. The fourth-order valence-electron chi connectivity index (χ4n) is 4.03. The molecule has 0 spiro atoms. The maximum Gasteiger partial charge on any atom is 0.158 e. The molecule has 2 unspecified atom stereocenters. The van der Waals surface area contributed by atoms with E-state index < -0.39 is 18.1 Å². The van der Waals surface area contributed by atoms with Crippen LogP contribution in [-0.4, -0.2) is 9.79 Å². The van der Waals surface area contributed by atoms with Crippen molar-refractivity contribution in [3.63, 3.8) is 0 Å². The molecule has 1 aliphatic carbocycles. The summed E-state index contributed by atoms with van der Waals surface area (Å²) in [5.41, 5.74) is 5.77. The highest BCUT2D eigenvalue weighted by atomic mass is 31.2. The SMILES string of the molecule is CC(C)c1cccc(C(C)C)c1-c1cccc2c1=c1ccccc1=2.OPOPO. The Morgan fingerprint density at radius 2 is 1.17 bits per heavy atom. The van der Waals surface area contributed by atoms with E-state index in [1.54, 1.807) is 0 Å². The first kappa shape index (κ1) is 22.1. The lowest BCUT2D eigenvalue weighted by Gasteiger charge is -2.21. The molecule has 0 radical (unpaired) electrons. The molecule has 29 heavy (non-hydrogen) atoms. The van der Waals surface area contributed by atoms with E-state index in [2.05, 4.69) is 92.7 Å². The van der Waals surface area contributed by atoms with Gasteiger partial charge < -0.3 is 9.79 Å². The van der Waals surface area contributed by atoms with Gasteiger partial charge in [0.15, 0.2) is 18.1 Å². The van der Waals surface area contributed by atoms with Gasteiger partial charge in [-0.1, -0.05) is 88.4 Å². The van der Waals surface area contributed by atoms with Gasteiger partial charge in [-0.3, -0.25) is 4.31 Å². The van der Waals surface area contributed by atoms with E-state index in [1.807, 2.05) is 0 Å². The molecule has 0 fully saturated rings. The fraction of sp³-hybridized carbons (Fsp3) is 0.250. The Balaban J connectivity index is 0.000000431. The van der Waals surface area contributed by atoms with Crippen molar-refractivity contribution in [2.75, 3.05) is 0 Å². The summed E-state index contributed by atoms with van der Waals surface area (Å²) in [5.74, 6) is 1.04. The van der Waals surface area contributed by atoms with Crippen molar-refractivity contribution in [3.8, 4) is 11.1 Å². The highest BCUT2D eigenvalue weighted by Crippen LogP contribution is 2.37. The summed E-state index contributed by atoms with van der Waals surface area (Å²) in [6.07, 6.45) is 0. The van der Waals surface area contributed by atoms with Crippen LogP contribution in [0.3, 0.4) is 0 Å². The zero-order chi connectivity index (χ0) is 21.0. The van der Waals surface area contributed by atoms with Gasteiger partial charge in [-0.15, -0.1) is 0 Å². The molecule has 0 saturated heterocycles. The molecule has 2 N–H and O–H groups in total. The van der Waals surface area contributed by atoms with Gasteiger partial charge in [0, 0.05) is 0 Å². The monoisotopic (exact) mass is 426 g/mol. The van der Waals surface area contributed by atoms with Gasteiger partial charge in [-0.25, -0.2) is 0 Å². The summed E-state index contributed by atoms with van der Waals surface area (Å²) < 4.78 is 4.00. The second-order valence-corrected chi connectivity index (χ2v) is 8.86. The van der Waals surface area contributed by atoms with Crippen LogP contribution in [-0.2, 0) is 4.31 Å². The molecule has 0 aromatic heterocycles. The lowest BCUT2D eigenvalue weighted by Crippen LogP contribution is -2.02. The zero-order valence-corrected chi connectivity index (χ0v) is 19.2. The molecule has 0 heterocycles. The number of hydrogen-bond donors (Lipinski definition) is 2. The van der Waals surface area contributed by atoms with Gasteiger partial charge in [0.05, 0.1) is 0 Å². The van der Waals surface area contributed by atoms with Crippen LogP contribution in [0.25, 0.3) is 11.1 Å². The van der Waals surface area contributed by atoms with E-state index in [9.17, 15) is 0 Å². The number of benzene rings is 3. The summed E-state index contributed by atoms with van der Waals surface area (Å²) in [6.45, 7) is 9.19. The molecular weight excluding hydrogens is 398 g/mol. The number of rotatable bonds is 5. The average Bonchev–Trinajstić information content (AvgIpc) is 2.71. The van der Waals surface area contributed by atoms with Gasteiger partial charge in [0.2, 0.25) is 0 Å². The average molecular weight is 426 g/mol. The predicted octanol–water partition coefficient (Wildman–Crippen LogP) is 6.49. The smallest absolute Gasteiger partial charge is 0.158 e. The Bertz CT molecular complexity index is 1150. The van der Waals surface area contributed by atoms with Crippen molar-refractivity contribution >= 4 is 18.1 Å². The third-order valence-electron chi connectivity index (χ3n) is 5.28. The molecule has 152 valence electrons. The number of hydrogen-bond acceptors (Lipinski definition) is 3. The van der Waals surface area contributed by atoms with Gasteiger partial charge in [-0.2, -0.15) is 0 Å². The molecule has 0 amide bonds. The van der Waals surface area contributed by atoms with Crippen LogP contribution in [0, 0.1) is 20.9 Å². The minimum absolute atomic E-state index is 0.518. The lowest BCUT2D eigenvalue weighted by atomic mass is 9.82. The lowest BCUT2D eigenvalue weighted by molar-refractivity contribution is 0.496. The second-order valence-electron chi connectivity index (χ2n) is 7.68. The molecular formula is C24H28O3P2. The predicted molar refractivity (Wildman–Crippen MR) is 124 cm³/mol. The molecule has 3 aromatic rings. The van der Waals surface area contributed by atoms with Crippen LogP contribution < -0.4 is 0 Å². The van der Waals surface area contributed by atoms with E-state index in [1.165, 1.54) is 43.1 Å². The maximum atomic E-state index is 7.72. The van der Waals surface area contributed by atoms with E-state index in [4.69, 9.17) is 9.79 Å². The van der Waals surface area contributed by atoms with Crippen LogP contribution in [0.4, 0.5) is 0 Å². The minimum Gasteiger partial charge on any atom is -0.352 e. The molecule has 4 rings (SSSR count). The topological polar surface area (TPSA) is 49.7 Å². The molecule has 5 heteroatoms. The Morgan fingerprint density at radius 3 is 1.69 bits per heavy atom. The van der Waals surface area contributed by atoms with E-state index >= 15 is 0 Å². The Labute approximate surface area is 175 Å². The molecule has 3 nitrogen and oxygen atoms in total. The van der Waals surface area contributed by atoms with Crippen LogP contribution in [0.5, 0.6) is 0 Å². The first-order valence-electron chi connectivity index (χ1n) is 9.81. The Hall–Kier alpha value is -1.60. The normalized spacial score (nSPS) is 12.3. The van der Waals surface area contributed by atoms with Crippen molar-refractivity contribution in [1.82, 2.24) is 0 Å². The quantitative estimate of drug-likeness (QED) is 0.359. The van der Waals surface area contributed by atoms with Crippen molar-refractivity contribution in [2.24, 2.45) is 0 Å². The van der Waals surface area contributed by atoms with Gasteiger partial charge >= 0.3 is 0 Å². The van der Waals surface area contributed by atoms with Crippen LogP contribution in [0.2, 0.25) is 0 Å². The summed E-state index contributed by atoms with van der Waals surface area (Å²) >= 11 is 0. The molecule has 0 aliphatic heterocycles. The summed E-state index contributed by atoms with van der Waals surface area (Å²) in [6, 6.07) is 22.4. The highest BCUT2D eigenvalue weighted by Gasteiger charge is 2.18. The van der Waals surface area contributed by atoms with E-state index in [0.717, 1.165) is 0 Å². The Morgan fingerprint density at radius 1 is 0.655 bits per heavy atom. The number of fused-ring (bicyclic) bond motifs is 2. The summed E-state index contributed by atoms with van der Waals surface area (Å²) in [4.78, 5) is 15.4. The third-order valence-corrected chi connectivity index (χ3v) is 6.01. The standard InChI is InChI=1S/C24H24.H4O3P2/c1-15(2)17-11-7-12-18(16(3)4)23(17)22-14-8-13-21-19-9-5-6-10-20(19)24(21)22;1-4-3-5-2/h5-16H,1-4H3;1-2,4-5H.